The quantitative estimate of drug-likeness (QED) is 0.747. The average Bonchev–Trinajstić information content (AvgIpc) is 2.18. The maximum Gasteiger partial charge on any atom is 0.0808 e. The Morgan fingerprint density at radius 2 is 1.80 bits per heavy atom. The van der Waals surface area contributed by atoms with Gasteiger partial charge < -0.3 is 10.2 Å². The van der Waals surface area contributed by atoms with E-state index >= 15 is 0 Å². The summed E-state index contributed by atoms with van der Waals surface area (Å²) in [5.41, 5.74) is 0.108. The fourth-order valence-corrected chi connectivity index (χ4v) is 1.88. The summed E-state index contributed by atoms with van der Waals surface area (Å²) >= 11 is 5.33. The number of thiocarbonyl (C=S) groups is 1. The minimum Gasteiger partial charge on any atom is -0.378 e. The van der Waals surface area contributed by atoms with Gasteiger partial charge in [0.25, 0.3) is 0 Å². The molecule has 0 atom stereocenters. The molecule has 0 aromatic heterocycles. The minimum atomic E-state index is 0.108. The molecule has 88 valence electrons. The summed E-state index contributed by atoms with van der Waals surface area (Å²) < 4.78 is 0. The number of hydrogen-bond donors (Lipinski definition) is 1. The predicted molar refractivity (Wildman–Crippen MR) is 70.3 cm³/mol. The van der Waals surface area contributed by atoms with Gasteiger partial charge in [-0.3, -0.25) is 0 Å². The van der Waals surface area contributed by atoms with E-state index in [0.717, 1.165) is 18.1 Å². The lowest BCUT2D eigenvalue weighted by Crippen LogP contribution is -2.40. The van der Waals surface area contributed by atoms with Gasteiger partial charge in [0, 0.05) is 18.5 Å². The first-order chi connectivity index (χ1) is 7.00. The molecule has 0 saturated carbocycles. The van der Waals surface area contributed by atoms with Gasteiger partial charge in [0.05, 0.1) is 4.99 Å². The van der Waals surface area contributed by atoms with Crippen molar-refractivity contribution in [1.29, 1.82) is 0 Å². The van der Waals surface area contributed by atoms with Crippen molar-refractivity contribution in [2.75, 3.05) is 26.2 Å². The van der Waals surface area contributed by atoms with Crippen LogP contribution in [0.4, 0.5) is 0 Å². The van der Waals surface area contributed by atoms with Gasteiger partial charge >= 0.3 is 0 Å². The van der Waals surface area contributed by atoms with Crippen molar-refractivity contribution < 1.29 is 0 Å². The van der Waals surface area contributed by atoms with E-state index in [1.807, 2.05) is 0 Å². The number of piperidine rings is 1. The zero-order valence-corrected chi connectivity index (χ0v) is 11.1. The normalized spacial score (nSPS) is 18.9. The van der Waals surface area contributed by atoms with Crippen LogP contribution in [0.1, 0.15) is 40.0 Å². The second-order valence-electron chi connectivity index (χ2n) is 5.41. The molecule has 0 amide bonds. The second-order valence-corrected chi connectivity index (χ2v) is 5.82. The summed E-state index contributed by atoms with van der Waals surface area (Å²) in [5, 5.41) is 3.36. The lowest BCUT2D eigenvalue weighted by atomic mass is 9.97. The molecule has 0 radical (unpaired) electrons. The number of hydrogen-bond acceptors (Lipinski definition) is 2. The van der Waals surface area contributed by atoms with Crippen LogP contribution in [0.15, 0.2) is 0 Å². The third-order valence-corrected chi connectivity index (χ3v) is 3.60. The summed E-state index contributed by atoms with van der Waals surface area (Å²) in [6.45, 7) is 11.1. The van der Waals surface area contributed by atoms with E-state index in [0.29, 0.717) is 0 Å². The Hall–Kier alpha value is -0.150. The number of nitrogens with one attached hydrogen (secondary N) is 1. The van der Waals surface area contributed by atoms with Crippen molar-refractivity contribution >= 4 is 17.2 Å². The molecule has 0 aliphatic carbocycles. The molecule has 0 aromatic carbocycles. The number of rotatable bonds is 3. The molecule has 3 heteroatoms. The molecule has 1 N–H and O–H groups in total. The standard InChI is InChI=1S/C12H24N2S/c1-12(2,3)11(15)13-7-10-14-8-5-4-6-9-14/h4-10H2,1-3H3,(H,13,15). The largest absolute Gasteiger partial charge is 0.378 e. The van der Waals surface area contributed by atoms with Gasteiger partial charge in [-0.1, -0.05) is 39.4 Å². The monoisotopic (exact) mass is 228 g/mol. The van der Waals surface area contributed by atoms with E-state index in [1.165, 1.54) is 32.4 Å². The molecule has 1 rings (SSSR count). The van der Waals surface area contributed by atoms with Crippen molar-refractivity contribution in [3.8, 4) is 0 Å². The van der Waals surface area contributed by atoms with Gasteiger partial charge in [-0.15, -0.1) is 0 Å². The molecule has 1 aliphatic heterocycles. The number of nitrogens with zero attached hydrogens (tertiary/aromatic N) is 1. The summed E-state index contributed by atoms with van der Waals surface area (Å²) in [6.07, 6.45) is 4.14. The molecular formula is C12H24N2S. The van der Waals surface area contributed by atoms with E-state index in [4.69, 9.17) is 12.2 Å². The van der Waals surface area contributed by atoms with Crippen LogP contribution in [0, 0.1) is 5.41 Å². The zero-order chi connectivity index (χ0) is 11.3. The van der Waals surface area contributed by atoms with Crippen LogP contribution in [-0.2, 0) is 0 Å². The lowest BCUT2D eigenvalue weighted by Gasteiger charge is -2.28. The van der Waals surface area contributed by atoms with Crippen LogP contribution >= 0.6 is 12.2 Å². The summed E-state index contributed by atoms with van der Waals surface area (Å²) in [7, 11) is 0. The first kappa shape index (κ1) is 12.9. The van der Waals surface area contributed by atoms with Crippen LogP contribution in [0.3, 0.4) is 0 Å². The summed E-state index contributed by atoms with van der Waals surface area (Å²) in [5.74, 6) is 0. The number of likely N-dealkylation sites (tertiary alicyclic amines) is 1. The smallest absolute Gasteiger partial charge is 0.0808 e. The summed E-state index contributed by atoms with van der Waals surface area (Å²) in [6, 6.07) is 0. The van der Waals surface area contributed by atoms with Crippen LogP contribution < -0.4 is 5.32 Å². The molecule has 0 bridgehead atoms. The maximum absolute atomic E-state index is 5.33. The third-order valence-electron chi connectivity index (χ3n) is 2.84. The van der Waals surface area contributed by atoms with E-state index in [2.05, 4.69) is 31.0 Å². The Morgan fingerprint density at radius 3 is 2.33 bits per heavy atom. The van der Waals surface area contributed by atoms with Gasteiger partial charge in [-0.2, -0.15) is 0 Å². The van der Waals surface area contributed by atoms with Crippen molar-refractivity contribution in [2.24, 2.45) is 5.41 Å². The highest BCUT2D eigenvalue weighted by molar-refractivity contribution is 7.80. The highest BCUT2D eigenvalue weighted by Crippen LogP contribution is 2.14. The van der Waals surface area contributed by atoms with Crippen molar-refractivity contribution in [1.82, 2.24) is 10.2 Å². The lowest BCUT2D eigenvalue weighted by molar-refractivity contribution is 0.232. The van der Waals surface area contributed by atoms with Crippen LogP contribution in [-0.4, -0.2) is 36.1 Å². The van der Waals surface area contributed by atoms with Gasteiger partial charge in [0.2, 0.25) is 0 Å². The molecule has 1 fully saturated rings. The Bertz CT molecular complexity index is 202. The predicted octanol–water partition coefficient (Wildman–Crippen LogP) is 2.44. The maximum atomic E-state index is 5.33. The highest BCUT2D eigenvalue weighted by atomic mass is 32.1. The molecule has 1 saturated heterocycles. The topological polar surface area (TPSA) is 15.3 Å². The molecule has 0 spiro atoms. The van der Waals surface area contributed by atoms with Crippen LogP contribution in [0.2, 0.25) is 0 Å². The van der Waals surface area contributed by atoms with Gasteiger partial charge in [-0.05, 0) is 25.9 Å². The molecule has 0 unspecified atom stereocenters. The zero-order valence-electron chi connectivity index (χ0n) is 10.3. The first-order valence-electron chi connectivity index (χ1n) is 6.01. The molecule has 15 heavy (non-hydrogen) atoms. The van der Waals surface area contributed by atoms with E-state index < -0.39 is 0 Å². The Balaban J connectivity index is 2.12. The van der Waals surface area contributed by atoms with Crippen LogP contribution in [0.25, 0.3) is 0 Å². The van der Waals surface area contributed by atoms with E-state index in [-0.39, 0.29) is 5.41 Å². The first-order valence-corrected chi connectivity index (χ1v) is 6.41. The molecular weight excluding hydrogens is 204 g/mol. The molecule has 2 nitrogen and oxygen atoms in total. The molecule has 1 heterocycles. The average molecular weight is 228 g/mol. The van der Waals surface area contributed by atoms with Crippen molar-refractivity contribution in [2.45, 2.75) is 40.0 Å². The van der Waals surface area contributed by atoms with Crippen LogP contribution in [0.5, 0.6) is 0 Å². The SMILES string of the molecule is CC(C)(C)C(=S)NCCN1CCCCC1. The third kappa shape index (κ3) is 4.94. The van der Waals surface area contributed by atoms with Gasteiger partial charge in [0.1, 0.15) is 0 Å². The van der Waals surface area contributed by atoms with E-state index in [1.54, 1.807) is 0 Å². The van der Waals surface area contributed by atoms with E-state index in [9.17, 15) is 0 Å². The Kier molecular flexibility index (Phi) is 5.00. The fourth-order valence-electron chi connectivity index (χ4n) is 1.78. The van der Waals surface area contributed by atoms with Gasteiger partial charge in [0.15, 0.2) is 0 Å². The van der Waals surface area contributed by atoms with Crippen molar-refractivity contribution in [3.05, 3.63) is 0 Å². The molecule has 0 aromatic rings. The highest BCUT2D eigenvalue weighted by Gasteiger charge is 2.16. The minimum absolute atomic E-state index is 0.108. The Labute approximate surface area is 99.4 Å². The van der Waals surface area contributed by atoms with Gasteiger partial charge in [-0.25, -0.2) is 0 Å². The van der Waals surface area contributed by atoms with Crippen molar-refractivity contribution in [3.63, 3.8) is 0 Å². The second kappa shape index (κ2) is 5.80. The fraction of sp³-hybridized carbons (Fsp3) is 0.917. The molecule has 1 aliphatic rings. The Morgan fingerprint density at radius 1 is 1.20 bits per heavy atom. The summed E-state index contributed by atoms with van der Waals surface area (Å²) in [4.78, 5) is 3.52.